The van der Waals surface area contributed by atoms with E-state index in [0.717, 1.165) is 0 Å². The predicted octanol–water partition coefficient (Wildman–Crippen LogP) is 5.92. The summed E-state index contributed by atoms with van der Waals surface area (Å²) in [4.78, 5) is 28.3. The molecule has 1 heterocycles. The monoisotopic (exact) mass is 582 g/mol. The van der Waals surface area contributed by atoms with Crippen molar-refractivity contribution in [2.45, 2.75) is 13.0 Å². The van der Waals surface area contributed by atoms with Gasteiger partial charge in [0.15, 0.2) is 23.0 Å². The summed E-state index contributed by atoms with van der Waals surface area (Å²) in [6.07, 6.45) is 0. The second-order valence-corrected chi connectivity index (χ2v) is 9.24. The molecule has 1 aliphatic rings. The van der Waals surface area contributed by atoms with Gasteiger partial charge >= 0.3 is 0 Å². The number of halogens is 2. The van der Waals surface area contributed by atoms with E-state index in [1.165, 1.54) is 44.4 Å². The van der Waals surface area contributed by atoms with Crippen LogP contribution in [0.3, 0.4) is 0 Å². The van der Waals surface area contributed by atoms with Crippen LogP contribution in [0.1, 0.15) is 29.7 Å². The van der Waals surface area contributed by atoms with E-state index < -0.39 is 23.5 Å². The molecule has 3 aromatic carbocycles. The molecular formula is C29H24Cl2N2O7. The first-order chi connectivity index (χ1) is 19.2. The standard InChI is InChI=1S/C29H24Cl2N2O7/c1-5-40-21-12-16(8-11-20(21)37-2)24-22(25(34)18-13-19(30)28(39-4)23(31)27(18)38-3)26(35)29(36)33(24)17-9-6-15(14-32)7-10-17/h6-13,24,34H,5H2,1-4H3/b25-22+. The summed E-state index contributed by atoms with van der Waals surface area (Å²) in [6.45, 7) is 2.13. The summed E-state index contributed by atoms with van der Waals surface area (Å²) >= 11 is 12.8. The molecule has 4 rings (SSSR count). The first kappa shape index (κ1) is 28.6. The van der Waals surface area contributed by atoms with Crippen LogP contribution in [0, 0.1) is 11.3 Å². The van der Waals surface area contributed by atoms with E-state index >= 15 is 0 Å². The molecule has 0 spiro atoms. The highest BCUT2D eigenvalue weighted by molar-refractivity contribution is 6.52. The maximum absolute atomic E-state index is 13.6. The Labute approximate surface area is 240 Å². The number of carbonyl (C=O) groups is 2. The minimum absolute atomic E-state index is 0.00604. The molecule has 206 valence electrons. The number of nitriles is 1. The topological polar surface area (TPSA) is 118 Å². The number of hydrogen-bond donors (Lipinski definition) is 1. The van der Waals surface area contributed by atoms with E-state index in [0.29, 0.717) is 34.9 Å². The van der Waals surface area contributed by atoms with Gasteiger partial charge in [-0.1, -0.05) is 29.3 Å². The number of nitrogens with zero attached hydrogens (tertiary/aromatic N) is 2. The van der Waals surface area contributed by atoms with Crippen molar-refractivity contribution in [2.24, 2.45) is 0 Å². The molecule has 1 unspecified atom stereocenters. The lowest BCUT2D eigenvalue weighted by molar-refractivity contribution is -0.132. The zero-order valence-electron chi connectivity index (χ0n) is 22.0. The third kappa shape index (κ3) is 4.88. The molecule has 40 heavy (non-hydrogen) atoms. The van der Waals surface area contributed by atoms with Crippen molar-refractivity contribution in [1.29, 1.82) is 5.26 Å². The van der Waals surface area contributed by atoms with Crippen LogP contribution in [0.25, 0.3) is 5.76 Å². The molecule has 0 bridgehead atoms. The second-order valence-electron chi connectivity index (χ2n) is 8.46. The molecular weight excluding hydrogens is 559 g/mol. The lowest BCUT2D eigenvalue weighted by Gasteiger charge is -2.26. The number of ketones is 1. The van der Waals surface area contributed by atoms with Gasteiger partial charge in [-0.25, -0.2) is 0 Å². The molecule has 11 heteroatoms. The van der Waals surface area contributed by atoms with Crippen molar-refractivity contribution in [3.05, 3.63) is 80.8 Å². The Kier molecular flexibility index (Phi) is 8.43. The Morgan fingerprint density at radius 1 is 0.975 bits per heavy atom. The van der Waals surface area contributed by atoms with E-state index in [9.17, 15) is 20.0 Å². The first-order valence-electron chi connectivity index (χ1n) is 11.9. The van der Waals surface area contributed by atoms with Gasteiger partial charge in [-0.2, -0.15) is 5.26 Å². The number of anilines is 1. The Bertz CT molecular complexity index is 1560. The van der Waals surface area contributed by atoms with Crippen molar-refractivity contribution in [1.82, 2.24) is 0 Å². The molecule has 1 aliphatic heterocycles. The average Bonchev–Trinajstić information content (AvgIpc) is 3.22. The number of Topliss-reactive ketones (excluding diaryl/α,β-unsaturated/α-hetero) is 1. The average molecular weight is 583 g/mol. The maximum atomic E-state index is 13.6. The third-order valence-corrected chi connectivity index (χ3v) is 6.94. The summed E-state index contributed by atoms with van der Waals surface area (Å²) in [5, 5.41) is 20.9. The molecule has 0 saturated carbocycles. The second kappa shape index (κ2) is 11.8. The summed E-state index contributed by atoms with van der Waals surface area (Å²) in [7, 11) is 4.19. The van der Waals surface area contributed by atoms with Crippen LogP contribution >= 0.6 is 23.2 Å². The minimum Gasteiger partial charge on any atom is -0.507 e. The summed E-state index contributed by atoms with van der Waals surface area (Å²) < 4.78 is 21.8. The Morgan fingerprint density at radius 3 is 2.23 bits per heavy atom. The fraction of sp³-hybridized carbons (Fsp3) is 0.207. The highest BCUT2D eigenvalue weighted by atomic mass is 35.5. The largest absolute Gasteiger partial charge is 0.507 e. The van der Waals surface area contributed by atoms with Crippen LogP contribution < -0.4 is 23.8 Å². The number of hydrogen-bond acceptors (Lipinski definition) is 8. The van der Waals surface area contributed by atoms with Crippen LogP contribution in [0.2, 0.25) is 10.0 Å². The number of amides is 1. The van der Waals surface area contributed by atoms with Crippen LogP contribution in [0.5, 0.6) is 23.0 Å². The highest BCUT2D eigenvalue weighted by Gasteiger charge is 2.47. The van der Waals surface area contributed by atoms with Gasteiger partial charge in [0, 0.05) is 5.69 Å². The molecule has 1 amide bonds. The fourth-order valence-electron chi connectivity index (χ4n) is 4.53. The number of ether oxygens (including phenoxy) is 4. The smallest absolute Gasteiger partial charge is 0.300 e. The molecule has 0 aromatic heterocycles. The van der Waals surface area contributed by atoms with Gasteiger partial charge in [0.25, 0.3) is 11.7 Å². The first-order valence-corrected chi connectivity index (χ1v) is 12.7. The van der Waals surface area contributed by atoms with Gasteiger partial charge in [-0.3, -0.25) is 14.5 Å². The Hall–Kier alpha value is -4.39. The van der Waals surface area contributed by atoms with Gasteiger partial charge in [-0.05, 0) is 55.0 Å². The molecule has 1 N–H and O–H groups in total. The van der Waals surface area contributed by atoms with E-state index in [1.807, 2.05) is 6.07 Å². The Morgan fingerprint density at radius 2 is 1.65 bits per heavy atom. The van der Waals surface area contributed by atoms with E-state index in [-0.39, 0.29) is 32.7 Å². The van der Waals surface area contributed by atoms with Crippen molar-refractivity contribution >= 4 is 46.3 Å². The number of methoxy groups -OCH3 is 3. The lowest BCUT2D eigenvalue weighted by atomic mass is 9.94. The molecule has 0 radical (unpaired) electrons. The number of aliphatic hydroxyl groups excluding tert-OH is 1. The highest BCUT2D eigenvalue weighted by Crippen LogP contribution is 2.48. The molecule has 1 atom stereocenters. The quantitative estimate of drug-likeness (QED) is 0.197. The van der Waals surface area contributed by atoms with E-state index in [2.05, 4.69) is 0 Å². The van der Waals surface area contributed by atoms with Crippen molar-refractivity contribution in [2.75, 3.05) is 32.8 Å². The number of benzene rings is 3. The van der Waals surface area contributed by atoms with Crippen LogP contribution in [-0.2, 0) is 9.59 Å². The van der Waals surface area contributed by atoms with Gasteiger partial charge in [0.1, 0.15) is 10.8 Å². The van der Waals surface area contributed by atoms with Crippen molar-refractivity contribution < 1.29 is 33.6 Å². The van der Waals surface area contributed by atoms with Gasteiger partial charge < -0.3 is 24.1 Å². The van der Waals surface area contributed by atoms with Crippen molar-refractivity contribution in [3.63, 3.8) is 0 Å². The van der Waals surface area contributed by atoms with E-state index in [4.69, 9.17) is 42.1 Å². The molecule has 0 aliphatic carbocycles. The number of rotatable bonds is 8. The SMILES string of the molecule is CCOc1cc(C2/C(=C(\O)c3cc(Cl)c(OC)c(Cl)c3OC)C(=O)C(=O)N2c2ccc(C#N)cc2)ccc1OC. The fourth-order valence-corrected chi connectivity index (χ4v) is 5.22. The zero-order chi connectivity index (χ0) is 29.1. The molecule has 9 nitrogen and oxygen atoms in total. The van der Waals surface area contributed by atoms with Crippen LogP contribution in [0.4, 0.5) is 5.69 Å². The van der Waals surface area contributed by atoms with Crippen LogP contribution in [-0.4, -0.2) is 44.7 Å². The summed E-state index contributed by atoms with van der Waals surface area (Å²) in [5.41, 5.74) is 0.889. The van der Waals surface area contributed by atoms with Gasteiger partial charge in [0.05, 0.1) is 61.8 Å². The predicted molar refractivity (Wildman–Crippen MR) is 150 cm³/mol. The third-order valence-electron chi connectivity index (χ3n) is 6.32. The summed E-state index contributed by atoms with van der Waals surface area (Å²) in [5.74, 6) is -1.48. The number of carbonyl (C=O) groups excluding carboxylic acids is 2. The van der Waals surface area contributed by atoms with Crippen LogP contribution in [0.15, 0.2) is 54.1 Å². The minimum atomic E-state index is -1.11. The number of aliphatic hydroxyl groups is 1. The molecule has 1 fully saturated rings. The Balaban J connectivity index is 2.03. The normalized spacial score (nSPS) is 16.0. The molecule has 3 aromatic rings. The van der Waals surface area contributed by atoms with Crippen molar-refractivity contribution in [3.8, 4) is 29.1 Å². The lowest BCUT2D eigenvalue weighted by Crippen LogP contribution is -2.29. The molecule has 1 saturated heterocycles. The maximum Gasteiger partial charge on any atom is 0.300 e. The van der Waals surface area contributed by atoms with Gasteiger partial charge in [-0.15, -0.1) is 0 Å². The van der Waals surface area contributed by atoms with E-state index in [1.54, 1.807) is 37.3 Å². The van der Waals surface area contributed by atoms with Gasteiger partial charge in [0.2, 0.25) is 0 Å². The summed E-state index contributed by atoms with van der Waals surface area (Å²) in [6, 6.07) is 13.3. The zero-order valence-corrected chi connectivity index (χ0v) is 23.5.